The first kappa shape index (κ1) is 17.8. The number of carbonyl (C=O) groups is 1. The standard InChI is InChI=1S/C19H22N4O3S/c24-19(16-6-7-18-21-27(25,26)11-10-23(18)14-16)20-12-15-8-9-22(13-15)17-4-2-1-3-5-17/h1-7,14-15H,8-13H2,(H,20,24). The minimum absolute atomic E-state index is 0.0346. The number of amidine groups is 1. The second kappa shape index (κ2) is 7.19. The molecule has 0 aliphatic carbocycles. The Hall–Kier alpha value is -2.61. The van der Waals surface area contributed by atoms with Crippen LogP contribution in [0.3, 0.4) is 0 Å². The van der Waals surface area contributed by atoms with Crippen LogP contribution in [0.25, 0.3) is 0 Å². The molecular weight excluding hydrogens is 364 g/mol. The zero-order valence-electron chi connectivity index (χ0n) is 14.9. The third-order valence-corrected chi connectivity index (χ3v) is 6.21. The van der Waals surface area contributed by atoms with Crippen molar-refractivity contribution in [1.29, 1.82) is 0 Å². The molecule has 0 aromatic heterocycles. The van der Waals surface area contributed by atoms with Crippen LogP contribution in [0.15, 0.2) is 58.7 Å². The highest BCUT2D eigenvalue weighted by atomic mass is 32.2. The minimum atomic E-state index is -3.38. The number of amides is 1. The lowest BCUT2D eigenvalue weighted by Gasteiger charge is -2.27. The summed E-state index contributed by atoms with van der Waals surface area (Å²) in [7, 11) is -3.38. The van der Waals surface area contributed by atoms with Gasteiger partial charge in [0.25, 0.3) is 15.9 Å². The van der Waals surface area contributed by atoms with Crippen LogP contribution in [0.4, 0.5) is 5.69 Å². The molecule has 3 aliphatic rings. The first-order chi connectivity index (χ1) is 13.0. The molecule has 0 bridgehead atoms. The molecule has 3 aliphatic heterocycles. The van der Waals surface area contributed by atoms with Crippen molar-refractivity contribution in [2.45, 2.75) is 6.42 Å². The van der Waals surface area contributed by atoms with Gasteiger partial charge in [-0.1, -0.05) is 18.2 Å². The normalized spacial score (nSPS) is 23.5. The number of hydrogen-bond donors (Lipinski definition) is 1. The largest absolute Gasteiger partial charge is 0.371 e. The van der Waals surface area contributed by atoms with E-state index in [9.17, 15) is 13.2 Å². The number of nitrogens with one attached hydrogen (secondary N) is 1. The minimum Gasteiger partial charge on any atom is -0.371 e. The SMILES string of the molecule is O=C(NCC1CCN(c2ccccc2)C1)C1=CN2CCS(=O)(=O)N=C2C=C1. The Labute approximate surface area is 159 Å². The van der Waals surface area contributed by atoms with E-state index in [1.807, 2.05) is 18.2 Å². The molecule has 1 N–H and O–H groups in total. The third-order valence-electron chi connectivity index (χ3n) is 5.04. The second-order valence-corrected chi connectivity index (χ2v) is 8.75. The van der Waals surface area contributed by atoms with Crippen LogP contribution < -0.4 is 10.2 Å². The van der Waals surface area contributed by atoms with E-state index < -0.39 is 10.0 Å². The molecule has 4 rings (SSSR count). The second-order valence-electron chi connectivity index (χ2n) is 6.99. The van der Waals surface area contributed by atoms with Crippen LogP contribution >= 0.6 is 0 Å². The molecule has 1 aromatic carbocycles. The Morgan fingerprint density at radius 1 is 1.19 bits per heavy atom. The molecular formula is C19H22N4O3S. The van der Waals surface area contributed by atoms with Gasteiger partial charge in [-0.3, -0.25) is 4.79 Å². The average molecular weight is 386 g/mol. The lowest BCUT2D eigenvalue weighted by molar-refractivity contribution is -0.117. The van der Waals surface area contributed by atoms with Gasteiger partial charge in [0, 0.05) is 38.1 Å². The average Bonchev–Trinajstić information content (AvgIpc) is 3.15. The predicted molar refractivity (Wildman–Crippen MR) is 105 cm³/mol. The number of para-hydroxylation sites is 1. The Kier molecular flexibility index (Phi) is 4.73. The van der Waals surface area contributed by atoms with Crippen molar-refractivity contribution in [3.63, 3.8) is 0 Å². The van der Waals surface area contributed by atoms with Gasteiger partial charge < -0.3 is 15.1 Å². The van der Waals surface area contributed by atoms with Gasteiger partial charge in [-0.05, 0) is 36.6 Å². The van der Waals surface area contributed by atoms with Gasteiger partial charge in [-0.25, -0.2) is 8.42 Å². The zero-order chi connectivity index (χ0) is 18.9. The Morgan fingerprint density at radius 3 is 2.81 bits per heavy atom. The molecule has 1 atom stereocenters. The summed E-state index contributed by atoms with van der Waals surface area (Å²) in [6, 6.07) is 10.3. The number of rotatable bonds is 4. The van der Waals surface area contributed by atoms with Crippen LogP contribution in [0.1, 0.15) is 6.42 Å². The third kappa shape index (κ3) is 4.05. The van der Waals surface area contributed by atoms with Crippen LogP contribution in [-0.4, -0.2) is 57.0 Å². The van der Waals surface area contributed by atoms with Crippen molar-refractivity contribution < 1.29 is 13.2 Å². The van der Waals surface area contributed by atoms with Gasteiger partial charge >= 0.3 is 0 Å². The van der Waals surface area contributed by atoms with E-state index in [2.05, 4.69) is 26.7 Å². The van der Waals surface area contributed by atoms with Crippen molar-refractivity contribution in [1.82, 2.24) is 10.2 Å². The first-order valence-corrected chi connectivity index (χ1v) is 10.7. The van der Waals surface area contributed by atoms with Gasteiger partial charge in [-0.15, -0.1) is 4.40 Å². The first-order valence-electron chi connectivity index (χ1n) is 9.07. The molecule has 27 heavy (non-hydrogen) atoms. The summed E-state index contributed by atoms with van der Waals surface area (Å²) in [5.41, 5.74) is 1.74. The van der Waals surface area contributed by atoms with Gasteiger partial charge in [0.15, 0.2) is 0 Å². The van der Waals surface area contributed by atoms with Gasteiger partial charge in [0.2, 0.25) is 0 Å². The Bertz CT molecular complexity index is 922. The maximum Gasteiger partial charge on any atom is 0.256 e. The highest BCUT2D eigenvalue weighted by Crippen LogP contribution is 2.23. The Balaban J connectivity index is 1.32. The van der Waals surface area contributed by atoms with Gasteiger partial charge in [-0.2, -0.15) is 0 Å². The lowest BCUT2D eigenvalue weighted by atomic mass is 10.1. The molecule has 8 heteroatoms. The van der Waals surface area contributed by atoms with E-state index in [1.165, 1.54) is 5.69 Å². The topological polar surface area (TPSA) is 82.1 Å². The van der Waals surface area contributed by atoms with Crippen molar-refractivity contribution in [2.24, 2.45) is 10.3 Å². The van der Waals surface area contributed by atoms with Crippen LogP contribution in [0.5, 0.6) is 0 Å². The maximum absolute atomic E-state index is 12.5. The summed E-state index contributed by atoms with van der Waals surface area (Å²) in [5, 5.41) is 3.01. The maximum atomic E-state index is 12.5. The molecule has 1 fully saturated rings. The van der Waals surface area contributed by atoms with Crippen molar-refractivity contribution in [2.75, 3.05) is 36.8 Å². The van der Waals surface area contributed by atoms with Gasteiger partial charge in [0.05, 0.1) is 11.3 Å². The molecule has 0 spiro atoms. The zero-order valence-corrected chi connectivity index (χ0v) is 15.7. The summed E-state index contributed by atoms with van der Waals surface area (Å²) < 4.78 is 26.8. The highest BCUT2D eigenvalue weighted by Gasteiger charge is 2.26. The molecule has 0 radical (unpaired) electrons. The van der Waals surface area contributed by atoms with Crippen molar-refractivity contribution in [3.05, 3.63) is 54.3 Å². The van der Waals surface area contributed by atoms with E-state index in [4.69, 9.17) is 0 Å². The fourth-order valence-corrected chi connectivity index (χ4v) is 4.52. The predicted octanol–water partition coefficient (Wildman–Crippen LogP) is 1.13. The van der Waals surface area contributed by atoms with E-state index >= 15 is 0 Å². The number of carbonyl (C=O) groups excluding carboxylic acids is 1. The summed E-state index contributed by atoms with van der Waals surface area (Å²) in [6.07, 6.45) is 5.92. The summed E-state index contributed by atoms with van der Waals surface area (Å²) in [4.78, 5) is 16.5. The van der Waals surface area contributed by atoms with Crippen molar-refractivity contribution >= 4 is 27.5 Å². The fraction of sp³-hybridized carbons (Fsp3) is 0.368. The quantitative estimate of drug-likeness (QED) is 0.839. The number of sulfonamides is 1. The number of anilines is 1. The fourth-order valence-electron chi connectivity index (χ4n) is 3.55. The van der Waals surface area contributed by atoms with E-state index in [0.717, 1.165) is 19.5 Å². The molecule has 0 saturated carbocycles. The van der Waals surface area contributed by atoms with E-state index in [0.29, 0.717) is 30.4 Å². The Morgan fingerprint density at radius 2 is 2.00 bits per heavy atom. The van der Waals surface area contributed by atoms with Crippen LogP contribution in [0, 0.1) is 5.92 Å². The van der Waals surface area contributed by atoms with Gasteiger partial charge in [0.1, 0.15) is 5.84 Å². The molecule has 7 nitrogen and oxygen atoms in total. The lowest BCUT2D eigenvalue weighted by Crippen LogP contribution is -2.38. The van der Waals surface area contributed by atoms with Crippen LogP contribution in [0.2, 0.25) is 0 Å². The molecule has 1 aromatic rings. The highest BCUT2D eigenvalue weighted by molar-refractivity contribution is 7.90. The summed E-state index contributed by atoms with van der Waals surface area (Å²) in [6.45, 7) is 2.87. The smallest absolute Gasteiger partial charge is 0.256 e. The van der Waals surface area contributed by atoms with Crippen LogP contribution in [-0.2, 0) is 14.8 Å². The number of hydrogen-bond acceptors (Lipinski definition) is 5. The molecule has 1 saturated heterocycles. The monoisotopic (exact) mass is 386 g/mol. The number of benzene rings is 1. The summed E-state index contributed by atoms with van der Waals surface area (Å²) in [5.74, 6) is 0.608. The molecule has 1 amide bonds. The summed E-state index contributed by atoms with van der Waals surface area (Å²) >= 11 is 0. The van der Waals surface area contributed by atoms with E-state index in [-0.39, 0.29) is 11.7 Å². The molecule has 142 valence electrons. The number of fused-ring (bicyclic) bond motifs is 1. The molecule has 3 heterocycles. The van der Waals surface area contributed by atoms with E-state index in [1.54, 1.807) is 23.3 Å². The number of nitrogens with zero attached hydrogens (tertiary/aromatic N) is 3. The molecule has 1 unspecified atom stereocenters. The van der Waals surface area contributed by atoms with Crippen molar-refractivity contribution in [3.8, 4) is 0 Å².